The van der Waals surface area contributed by atoms with Crippen molar-refractivity contribution in [2.24, 2.45) is 4.99 Å². The first-order chi connectivity index (χ1) is 13.7. The number of aliphatic imine (C=N–C) groups is 1. The fraction of sp³-hybridized carbons (Fsp3) is 0.600. The summed E-state index contributed by atoms with van der Waals surface area (Å²) in [5, 5.41) is 6.73. The molecule has 0 saturated carbocycles. The molecule has 1 fully saturated rings. The third kappa shape index (κ3) is 7.17. The Kier molecular flexibility index (Phi) is 9.24. The SMILES string of the molecule is CCOC(=O)N1CCC(NC(=NC)NCCCOc2ccc(OC)cc2)CC1. The normalized spacial score (nSPS) is 15.1. The summed E-state index contributed by atoms with van der Waals surface area (Å²) in [4.78, 5) is 17.8. The molecule has 1 aromatic carbocycles. The number of benzene rings is 1. The molecule has 1 heterocycles. The number of hydrogen-bond donors (Lipinski definition) is 2. The predicted octanol–water partition coefficient (Wildman–Crippen LogP) is 2.25. The predicted molar refractivity (Wildman–Crippen MR) is 109 cm³/mol. The van der Waals surface area contributed by atoms with Crippen molar-refractivity contribution in [3.63, 3.8) is 0 Å². The van der Waals surface area contributed by atoms with Gasteiger partial charge in [-0.25, -0.2) is 4.79 Å². The lowest BCUT2D eigenvalue weighted by molar-refractivity contribution is 0.0963. The van der Waals surface area contributed by atoms with Gasteiger partial charge in [0.1, 0.15) is 11.5 Å². The number of nitrogens with one attached hydrogen (secondary N) is 2. The van der Waals surface area contributed by atoms with Gasteiger partial charge < -0.3 is 29.7 Å². The number of guanidine groups is 1. The van der Waals surface area contributed by atoms with Crippen molar-refractivity contribution in [3.8, 4) is 11.5 Å². The summed E-state index contributed by atoms with van der Waals surface area (Å²) in [5.74, 6) is 2.42. The Bertz CT molecular complexity index is 613. The highest BCUT2D eigenvalue weighted by Crippen LogP contribution is 2.17. The highest BCUT2D eigenvalue weighted by molar-refractivity contribution is 5.80. The molecular formula is C20H32N4O4. The highest BCUT2D eigenvalue weighted by atomic mass is 16.6. The number of amides is 1. The number of ether oxygens (including phenoxy) is 3. The van der Waals surface area contributed by atoms with E-state index < -0.39 is 0 Å². The van der Waals surface area contributed by atoms with E-state index >= 15 is 0 Å². The molecule has 1 aromatic rings. The van der Waals surface area contributed by atoms with Gasteiger partial charge in [-0.2, -0.15) is 0 Å². The van der Waals surface area contributed by atoms with Crippen molar-refractivity contribution in [2.75, 3.05) is 47.0 Å². The van der Waals surface area contributed by atoms with Crippen LogP contribution in [-0.2, 0) is 4.74 Å². The summed E-state index contributed by atoms with van der Waals surface area (Å²) in [5.41, 5.74) is 0. The second kappa shape index (κ2) is 11.9. The van der Waals surface area contributed by atoms with E-state index in [-0.39, 0.29) is 6.09 Å². The van der Waals surface area contributed by atoms with Gasteiger partial charge in [-0.3, -0.25) is 4.99 Å². The van der Waals surface area contributed by atoms with Gasteiger partial charge in [0.15, 0.2) is 5.96 Å². The molecule has 1 aliphatic heterocycles. The Balaban J connectivity index is 1.60. The van der Waals surface area contributed by atoms with Crippen LogP contribution >= 0.6 is 0 Å². The van der Waals surface area contributed by atoms with E-state index in [0.29, 0.717) is 32.3 Å². The van der Waals surface area contributed by atoms with E-state index in [1.54, 1.807) is 19.1 Å². The van der Waals surface area contributed by atoms with E-state index in [1.165, 1.54) is 0 Å². The van der Waals surface area contributed by atoms with Gasteiger partial charge >= 0.3 is 6.09 Å². The smallest absolute Gasteiger partial charge is 0.409 e. The second-order valence-electron chi connectivity index (χ2n) is 6.48. The Morgan fingerprint density at radius 2 is 1.89 bits per heavy atom. The zero-order chi connectivity index (χ0) is 20.2. The molecule has 0 spiro atoms. The molecule has 0 radical (unpaired) electrons. The molecule has 156 valence electrons. The fourth-order valence-electron chi connectivity index (χ4n) is 2.95. The van der Waals surface area contributed by atoms with Crippen LogP contribution in [0.4, 0.5) is 4.79 Å². The minimum absolute atomic E-state index is 0.222. The number of methoxy groups -OCH3 is 1. The van der Waals surface area contributed by atoms with Gasteiger partial charge in [-0.15, -0.1) is 0 Å². The zero-order valence-corrected chi connectivity index (χ0v) is 17.1. The van der Waals surface area contributed by atoms with Crippen molar-refractivity contribution in [2.45, 2.75) is 32.2 Å². The van der Waals surface area contributed by atoms with Crippen LogP contribution in [-0.4, -0.2) is 70.0 Å². The Labute approximate surface area is 167 Å². The summed E-state index contributed by atoms with van der Waals surface area (Å²) in [6, 6.07) is 7.86. The van der Waals surface area contributed by atoms with Crippen molar-refractivity contribution in [3.05, 3.63) is 24.3 Å². The Hall–Kier alpha value is -2.64. The molecule has 0 atom stereocenters. The number of carbonyl (C=O) groups is 1. The Morgan fingerprint density at radius 1 is 1.21 bits per heavy atom. The third-order valence-electron chi connectivity index (χ3n) is 4.53. The van der Waals surface area contributed by atoms with Crippen LogP contribution in [0.3, 0.4) is 0 Å². The largest absolute Gasteiger partial charge is 0.497 e. The summed E-state index contributed by atoms with van der Waals surface area (Å²) >= 11 is 0. The molecule has 8 nitrogen and oxygen atoms in total. The number of hydrogen-bond acceptors (Lipinski definition) is 5. The number of carbonyl (C=O) groups excluding carboxylic acids is 1. The van der Waals surface area contributed by atoms with Gasteiger partial charge in [0.2, 0.25) is 0 Å². The molecule has 1 amide bonds. The van der Waals surface area contributed by atoms with Gasteiger partial charge in [0, 0.05) is 32.7 Å². The molecule has 0 aliphatic carbocycles. The minimum Gasteiger partial charge on any atom is -0.497 e. The van der Waals surface area contributed by atoms with Crippen molar-refractivity contribution in [1.29, 1.82) is 0 Å². The maximum absolute atomic E-state index is 11.7. The number of rotatable bonds is 8. The lowest BCUT2D eigenvalue weighted by Gasteiger charge is -2.32. The number of nitrogens with zero attached hydrogens (tertiary/aromatic N) is 2. The lowest BCUT2D eigenvalue weighted by atomic mass is 10.1. The van der Waals surface area contributed by atoms with Gasteiger partial charge in [0.05, 0.1) is 20.3 Å². The molecule has 28 heavy (non-hydrogen) atoms. The molecular weight excluding hydrogens is 360 g/mol. The maximum atomic E-state index is 11.7. The van der Waals surface area contributed by atoms with Crippen LogP contribution in [0.5, 0.6) is 11.5 Å². The average Bonchev–Trinajstić information content (AvgIpc) is 2.73. The average molecular weight is 393 g/mol. The van der Waals surface area contributed by atoms with Gasteiger partial charge in [-0.05, 0) is 50.5 Å². The highest BCUT2D eigenvalue weighted by Gasteiger charge is 2.23. The minimum atomic E-state index is -0.222. The molecule has 2 rings (SSSR count). The van der Waals surface area contributed by atoms with Crippen molar-refractivity contribution < 1.29 is 19.0 Å². The van der Waals surface area contributed by atoms with E-state index in [0.717, 1.165) is 43.3 Å². The lowest BCUT2D eigenvalue weighted by Crippen LogP contribution is -2.50. The first-order valence-corrected chi connectivity index (χ1v) is 9.82. The molecule has 0 aromatic heterocycles. The van der Waals surface area contributed by atoms with Gasteiger partial charge in [-0.1, -0.05) is 0 Å². The Morgan fingerprint density at radius 3 is 2.50 bits per heavy atom. The van der Waals surface area contributed by atoms with Crippen LogP contribution in [0.1, 0.15) is 26.2 Å². The van der Waals surface area contributed by atoms with Crippen molar-refractivity contribution in [1.82, 2.24) is 15.5 Å². The fourth-order valence-corrected chi connectivity index (χ4v) is 2.95. The van der Waals surface area contributed by atoms with E-state index in [1.807, 2.05) is 31.2 Å². The van der Waals surface area contributed by atoms with Crippen LogP contribution in [0, 0.1) is 0 Å². The van der Waals surface area contributed by atoms with E-state index in [9.17, 15) is 4.79 Å². The molecule has 0 bridgehead atoms. The summed E-state index contributed by atoms with van der Waals surface area (Å²) in [6.07, 6.45) is 2.38. The molecule has 8 heteroatoms. The summed E-state index contributed by atoms with van der Waals surface area (Å²) in [6.45, 7) is 5.01. The molecule has 2 N–H and O–H groups in total. The topological polar surface area (TPSA) is 84.4 Å². The van der Waals surface area contributed by atoms with E-state index in [2.05, 4.69) is 15.6 Å². The first-order valence-electron chi connectivity index (χ1n) is 9.82. The molecule has 1 aliphatic rings. The third-order valence-corrected chi connectivity index (χ3v) is 4.53. The standard InChI is InChI=1S/C20H32N4O4/c1-4-27-20(25)24-13-10-16(11-14-24)23-19(21-2)22-12-5-15-28-18-8-6-17(26-3)7-9-18/h6-9,16H,4-5,10-15H2,1-3H3,(H2,21,22,23). The van der Waals surface area contributed by atoms with Crippen molar-refractivity contribution >= 4 is 12.1 Å². The first kappa shape index (κ1) is 21.7. The second-order valence-corrected chi connectivity index (χ2v) is 6.48. The molecule has 1 saturated heterocycles. The quantitative estimate of drug-likeness (QED) is 0.401. The number of likely N-dealkylation sites (tertiary alicyclic amines) is 1. The zero-order valence-electron chi connectivity index (χ0n) is 17.1. The van der Waals surface area contributed by atoms with Crippen LogP contribution < -0.4 is 20.1 Å². The van der Waals surface area contributed by atoms with Crippen LogP contribution in [0.15, 0.2) is 29.3 Å². The monoisotopic (exact) mass is 392 g/mol. The summed E-state index contributed by atoms with van der Waals surface area (Å²) < 4.78 is 15.9. The summed E-state index contributed by atoms with van der Waals surface area (Å²) in [7, 11) is 3.41. The number of piperidine rings is 1. The van der Waals surface area contributed by atoms with Crippen LogP contribution in [0.25, 0.3) is 0 Å². The van der Waals surface area contributed by atoms with Gasteiger partial charge in [0.25, 0.3) is 0 Å². The van der Waals surface area contributed by atoms with E-state index in [4.69, 9.17) is 14.2 Å². The van der Waals surface area contributed by atoms with Crippen LogP contribution in [0.2, 0.25) is 0 Å². The molecule has 0 unspecified atom stereocenters. The maximum Gasteiger partial charge on any atom is 0.409 e.